The Bertz CT molecular complexity index is 236. The van der Waals surface area contributed by atoms with E-state index in [1.54, 1.807) is 0 Å². The van der Waals surface area contributed by atoms with Crippen molar-refractivity contribution in [1.29, 1.82) is 0 Å². The van der Waals surface area contributed by atoms with Gasteiger partial charge in [-0.1, -0.05) is 19.3 Å². The Morgan fingerprint density at radius 2 is 1.88 bits per heavy atom. The summed E-state index contributed by atoms with van der Waals surface area (Å²) in [4.78, 5) is 12.0. The number of amides is 1. The smallest absolute Gasteiger partial charge is 0.223 e. The van der Waals surface area contributed by atoms with Crippen molar-refractivity contribution in [3.05, 3.63) is 0 Å². The molecular weight excluding hydrogens is 200 g/mol. The summed E-state index contributed by atoms with van der Waals surface area (Å²) in [6.07, 6.45) is 9.37. The summed E-state index contributed by atoms with van der Waals surface area (Å²) < 4.78 is 0. The molecule has 0 spiro atoms. The van der Waals surface area contributed by atoms with Gasteiger partial charge >= 0.3 is 0 Å². The fourth-order valence-corrected chi connectivity index (χ4v) is 3.10. The van der Waals surface area contributed by atoms with Crippen molar-refractivity contribution in [3.8, 4) is 0 Å². The lowest BCUT2D eigenvalue weighted by Crippen LogP contribution is -2.38. The lowest BCUT2D eigenvalue weighted by atomic mass is 9.88. The largest absolute Gasteiger partial charge is 0.353 e. The van der Waals surface area contributed by atoms with Crippen LogP contribution in [0.5, 0.6) is 0 Å². The summed E-state index contributed by atoms with van der Waals surface area (Å²) >= 11 is 0. The predicted octanol–water partition coefficient (Wildman–Crippen LogP) is 1.81. The monoisotopic (exact) mass is 224 g/mol. The highest BCUT2D eigenvalue weighted by molar-refractivity contribution is 5.79. The molecule has 16 heavy (non-hydrogen) atoms. The van der Waals surface area contributed by atoms with Gasteiger partial charge in [0.25, 0.3) is 0 Å². The summed E-state index contributed by atoms with van der Waals surface area (Å²) in [6.45, 7) is 0.774. The van der Waals surface area contributed by atoms with E-state index in [2.05, 4.69) is 5.32 Å². The zero-order valence-electron chi connectivity index (χ0n) is 10.1. The molecule has 2 atom stereocenters. The average Bonchev–Trinajstić information content (AvgIpc) is 2.78. The van der Waals surface area contributed by atoms with Crippen LogP contribution in [0, 0.1) is 11.8 Å². The van der Waals surface area contributed by atoms with Gasteiger partial charge in [0.1, 0.15) is 0 Å². The van der Waals surface area contributed by atoms with E-state index in [0.717, 1.165) is 32.2 Å². The number of nitrogens with two attached hydrogens (primary N) is 1. The van der Waals surface area contributed by atoms with E-state index in [9.17, 15) is 4.79 Å². The third kappa shape index (κ3) is 2.97. The molecule has 0 heterocycles. The van der Waals surface area contributed by atoms with Crippen LogP contribution in [0.1, 0.15) is 51.4 Å². The number of hydrogen-bond donors (Lipinski definition) is 2. The van der Waals surface area contributed by atoms with Crippen molar-refractivity contribution in [2.45, 2.75) is 57.4 Å². The van der Waals surface area contributed by atoms with E-state index in [1.807, 2.05) is 0 Å². The molecule has 1 amide bonds. The minimum Gasteiger partial charge on any atom is -0.353 e. The van der Waals surface area contributed by atoms with Crippen molar-refractivity contribution in [2.24, 2.45) is 17.6 Å². The maximum absolute atomic E-state index is 12.0. The fourth-order valence-electron chi connectivity index (χ4n) is 3.10. The van der Waals surface area contributed by atoms with Crippen LogP contribution in [0.2, 0.25) is 0 Å². The maximum atomic E-state index is 12.0. The number of rotatable bonds is 3. The molecule has 92 valence electrons. The van der Waals surface area contributed by atoms with E-state index in [4.69, 9.17) is 5.73 Å². The van der Waals surface area contributed by atoms with E-state index in [0.29, 0.717) is 23.8 Å². The van der Waals surface area contributed by atoms with Crippen molar-refractivity contribution in [2.75, 3.05) is 6.54 Å². The summed E-state index contributed by atoms with van der Waals surface area (Å²) in [5, 5.41) is 3.22. The van der Waals surface area contributed by atoms with Gasteiger partial charge in [0.15, 0.2) is 0 Å². The predicted molar refractivity (Wildman–Crippen MR) is 64.9 cm³/mol. The van der Waals surface area contributed by atoms with E-state index < -0.39 is 0 Å². The van der Waals surface area contributed by atoms with Crippen molar-refractivity contribution < 1.29 is 4.79 Å². The van der Waals surface area contributed by atoms with Crippen LogP contribution < -0.4 is 11.1 Å². The molecule has 2 fully saturated rings. The lowest BCUT2D eigenvalue weighted by molar-refractivity contribution is -0.126. The van der Waals surface area contributed by atoms with Gasteiger partial charge < -0.3 is 11.1 Å². The molecule has 0 aliphatic heterocycles. The van der Waals surface area contributed by atoms with Gasteiger partial charge in [-0.2, -0.15) is 0 Å². The van der Waals surface area contributed by atoms with Gasteiger partial charge in [0.05, 0.1) is 0 Å². The van der Waals surface area contributed by atoms with Gasteiger partial charge in [-0.3, -0.25) is 4.79 Å². The Hall–Kier alpha value is -0.570. The first-order valence-electron chi connectivity index (χ1n) is 6.80. The first-order chi connectivity index (χ1) is 7.79. The van der Waals surface area contributed by atoms with Crippen molar-refractivity contribution in [3.63, 3.8) is 0 Å². The van der Waals surface area contributed by atoms with Crippen LogP contribution >= 0.6 is 0 Å². The lowest BCUT2D eigenvalue weighted by Gasteiger charge is -2.23. The van der Waals surface area contributed by atoms with Crippen LogP contribution in [-0.2, 0) is 4.79 Å². The van der Waals surface area contributed by atoms with E-state index in [1.165, 1.54) is 25.7 Å². The van der Waals surface area contributed by atoms with Crippen LogP contribution in [-0.4, -0.2) is 18.5 Å². The molecule has 2 rings (SSSR count). The number of hydrogen-bond acceptors (Lipinski definition) is 2. The normalized spacial score (nSPS) is 31.6. The van der Waals surface area contributed by atoms with Gasteiger partial charge in [0.2, 0.25) is 5.91 Å². The third-order valence-corrected chi connectivity index (χ3v) is 4.20. The molecule has 0 bridgehead atoms. The molecule has 3 nitrogen and oxygen atoms in total. The van der Waals surface area contributed by atoms with Gasteiger partial charge in [-0.15, -0.1) is 0 Å². The molecule has 2 aliphatic carbocycles. The fraction of sp³-hybridized carbons (Fsp3) is 0.923. The highest BCUT2D eigenvalue weighted by Crippen LogP contribution is 2.27. The Balaban J connectivity index is 1.74. The van der Waals surface area contributed by atoms with Crippen LogP contribution in [0.15, 0.2) is 0 Å². The molecule has 0 unspecified atom stereocenters. The van der Waals surface area contributed by atoms with E-state index >= 15 is 0 Å². The standard InChI is InChI=1S/C13H24N2O/c14-9-10-6-7-12(8-10)15-13(16)11-4-2-1-3-5-11/h10-12H,1-9,14H2,(H,15,16)/t10-,12+/m0/s1. The summed E-state index contributed by atoms with van der Waals surface area (Å²) in [7, 11) is 0. The number of nitrogens with one attached hydrogen (secondary N) is 1. The Morgan fingerprint density at radius 1 is 1.12 bits per heavy atom. The van der Waals surface area contributed by atoms with E-state index in [-0.39, 0.29) is 0 Å². The minimum atomic E-state index is 0.297. The zero-order chi connectivity index (χ0) is 11.4. The number of carbonyl (C=O) groups is 1. The summed E-state index contributed by atoms with van der Waals surface area (Å²) in [5.41, 5.74) is 5.66. The van der Waals surface area contributed by atoms with Crippen LogP contribution in [0.25, 0.3) is 0 Å². The molecule has 2 saturated carbocycles. The Morgan fingerprint density at radius 3 is 2.50 bits per heavy atom. The Labute approximate surface area is 98.2 Å². The second-order valence-corrected chi connectivity index (χ2v) is 5.46. The van der Waals surface area contributed by atoms with Crippen molar-refractivity contribution in [1.82, 2.24) is 5.32 Å². The number of carbonyl (C=O) groups excluding carboxylic acids is 1. The van der Waals surface area contributed by atoms with Crippen LogP contribution in [0.3, 0.4) is 0 Å². The first-order valence-corrected chi connectivity index (χ1v) is 6.80. The molecule has 3 N–H and O–H groups in total. The van der Waals surface area contributed by atoms with Gasteiger partial charge in [0, 0.05) is 12.0 Å². The summed E-state index contributed by atoms with van der Waals surface area (Å²) in [6, 6.07) is 0.406. The van der Waals surface area contributed by atoms with Crippen molar-refractivity contribution >= 4 is 5.91 Å². The second-order valence-electron chi connectivity index (χ2n) is 5.46. The molecule has 0 aromatic heterocycles. The SMILES string of the molecule is NC[C@H]1CC[C@@H](NC(=O)C2CCCCC2)C1. The minimum absolute atomic E-state index is 0.297. The third-order valence-electron chi connectivity index (χ3n) is 4.20. The van der Waals surface area contributed by atoms with Gasteiger partial charge in [-0.25, -0.2) is 0 Å². The second kappa shape index (κ2) is 5.67. The first kappa shape index (κ1) is 11.9. The summed E-state index contributed by atoms with van der Waals surface area (Å²) in [5.74, 6) is 1.24. The quantitative estimate of drug-likeness (QED) is 0.768. The van der Waals surface area contributed by atoms with Gasteiger partial charge in [-0.05, 0) is 44.6 Å². The van der Waals surface area contributed by atoms with Crippen LogP contribution in [0.4, 0.5) is 0 Å². The average molecular weight is 224 g/mol. The Kier molecular flexibility index (Phi) is 4.22. The highest BCUT2D eigenvalue weighted by Gasteiger charge is 2.28. The zero-order valence-corrected chi connectivity index (χ0v) is 10.1. The topological polar surface area (TPSA) is 55.1 Å². The molecule has 0 aromatic rings. The molecule has 0 aromatic carbocycles. The molecule has 3 heteroatoms. The maximum Gasteiger partial charge on any atom is 0.223 e. The molecule has 2 aliphatic rings. The highest BCUT2D eigenvalue weighted by atomic mass is 16.1. The molecular formula is C13H24N2O. The molecule has 0 radical (unpaired) electrons. The molecule has 0 saturated heterocycles.